The number of alkyl halides is 3. The number of ether oxygens (including phenoxy) is 2. The Hall–Kier alpha value is -0.650. The summed E-state index contributed by atoms with van der Waals surface area (Å²) >= 11 is 16.4. The predicted octanol–water partition coefficient (Wildman–Crippen LogP) is 3.37. The van der Waals surface area contributed by atoms with Crippen LogP contribution in [0.25, 0.3) is 0 Å². The molecule has 0 rings (SSSR count). The van der Waals surface area contributed by atoms with Crippen LogP contribution in [0.15, 0.2) is 12.2 Å². The Bertz CT molecular complexity index is 364. The third-order valence-corrected chi connectivity index (χ3v) is 2.30. The number of carbonyl (C=O) groups excluding carboxylic acids is 2. The summed E-state index contributed by atoms with van der Waals surface area (Å²) in [5, 5.41) is 2.59. The van der Waals surface area contributed by atoms with E-state index in [0.717, 1.165) is 0 Å². The van der Waals surface area contributed by atoms with Gasteiger partial charge in [-0.2, -0.15) is 0 Å². The molecule has 0 unspecified atom stereocenters. The Kier molecular flexibility index (Phi) is 8.32. The van der Waals surface area contributed by atoms with Crippen molar-refractivity contribution in [3.63, 3.8) is 0 Å². The summed E-state index contributed by atoms with van der Waals surface area (Å²) in [4.78, 5) is 22.6. The normalized spacial score (nSPS) is 12.3. The Morgan fingerprint density at radius 2 is 1.80 bits per heavy atom. The molecule has 0 heterocycles. The van der Waals surface area contributed by atoms with Gasteiger partial charge in [-0.15, -0.1) is 0 Å². The van der Waals surface area contributed by atoms with E-state index in [0.29, 0.717) is 13.0 Å². The topological polar surface area (TPSA) is 64.6 Å². The standard InChI is InChI=1S/C12H18Cl3NO4/c1-4-19-9(17)6-5-7-11(2,3)16-10(18)20-8-12(13,14)15/h5-6H,4,7-8H2,1-3H3,(H,16,18)/b6-5+. The molecule has 0 aliphatic rings. The minimum absolute atomic E-state index is 0.314. The molecule has 0 aliphatic carbocycles. The Morgan fingerprint density at radius 1 is 1.20 bits per heavy atom. The molecule has 20 heavy (non-hydrogen) atoms. The lowest BCUT2D eigenvalue weighted by atomic mass is 10.0. The number of alkyl carbamates (subject to hydrolysis) is 1. The summed E-state index contributed by atoms with van der Waals surface area (Å²) in [5.41, 5.74) is -0.617. The van der Waals surface area contributed by atoms with Crippen LogP contribution in [0.3, 0.4) is 0 Å². The van der Waals surface area contributed by atoms with E-state index in [1.54, 1.807) is 26.8 Å². The van der Waals surface area contributed by atoms with E-state index in [-0.39, 0.29) is 6.61 Å². The van der Waals surface area contributed by atoms with Gasteiger partial charge in [0.2, 0.25) is 3.79 Å². The fourth-order valence-corrected chi connectivity index (χ4v) is 1.31. The van der Waals surface area contributed by atoms with Gasteiger partial charge in [0.05, 0.1) is 6.61 Å². The highest BCUT2D eigenvalue weighted by Gasteiger charge is 2.25. The highest BCUT2D eigenvalue weighted by molar-refractivity contribution is 6.67. The second-order valence-corrected chi connectivity index (χ2v) is 7.07. The summed E-state index contributed by atoms with van der Waals surface area (Å²) in [6.07, 6.45) is 2.62. The van der Waals surface area contributed by atoms with E-state index in [1.165, 1.54) is 6.08 Å². The lowest BCUT2D eigenvalue weighted by Gasteiger charge is -2.24. The van der Waals surface area contributed by atoms with Gasteiger partial charge in [-0.1, -0.05) is 40.9 Å². The van der Waals surface area contributed by atoms with Crippen molar-refractivity contribution in [1.29, 1.82) is 0 Å². The van der Waals surface area contributed by atoms with Crippen LogP contribution in [0.1, 0.15) is 27.2 Å². The molecule has 116 valence electrons. The number of esters is 1. The van der Waals surface area contributed by atoms with Crippen LogP contribution in [0.2, 0.25) is 0 Å². The van der Waals surface area contributed by atoms with Crippen molar-refractivity contribution in [3.05, 3.63) is 12.2 Å². The molecule has 0 saturated heterocycles. The van der Waals surface area contributed by atoms with Gasteiger partial charge in [-0.05, 0) is 27.2 Å². The van der Waals surface area contributed by atoms with Crippen LogP contribution in [-0.4, -0.2) is 34.6 Å². The summed E-state index contributed by atoms with van der Waals surface area (Å²) < 4.78 is 7.83. The van der Waals surface area contributed by atoms with Gasteiger partial charge in [0.1, 0.15) is 6.61 Å². The largest absolute Gasteiger partial charge is 0.463 e. The first-order valence-corrected chi connectivity index (χ1v) is 7.04. The average molecular weight is 347 g/mol. The van der Waals surface area contributed by atoms with Crippen molar-refractivity contribution < 1.29 is 19.1 Å². The fraction of sp³-hybridized carbons (Fsp3) is 0.667. The Labute approximate surface area is 133 Å². The number of nitrogens with one attached hydrogen (secondary N) is 1. The van der Waals surface area contributed by atoms with Crippen LogP contribution in [0.4, 0.5) is 4.79 Å². The van der Waals surface area contributed by atoms with Crippen molar-refractivity contribution in [2.24, 2.45) is 0 Å². The molecular weight excluding hydrogens is 328 g/mol. The minimum atomic E-state index is -1.65. The quantitative estimate of drug-likeness (QED) is 0.455. The molecule has 0 bridgehead atoms. The first-order chi connectivity index (χ1) is 9.06. The number of hydrogen-bond acceptors (Lipinski definition) is 4. The third-order valence-electron chi connectivity index (χ3n) is 1.98. The number of amides is 1. The highest BCUT2D eigenvalue weighted by Crippen LogP contribution is 2.26. The van der Waals surface area contributed by atoms with Crippen LogP contribution in [0, 0.1) is 0 Å². The van der Waals surface area contributed by atoms with Gasteiger partial charge < -0.3 is 14.8 Å². The van der Waals surface area contributed by atoms with E-state index in [4.69, 9.17) is 44.3 Å². The number of carbonyl (C=O) groups is 2. The molecule has 8 heteroatoms. The monoisotopic (exact) mass is 345 g/mol. The molecule has 0 saturated carbocycles. The van der Waals surface area contributed by atoms with E-state index < -0.39 is 21.4 Å². The Balaban J connectivity index is 4.17. The van der Waals surface area contributed by atoms with Crippen molar-refractivity contribution in [1.82, 2.24) is 5.32 Å². The fourth-order valence-electron chi connectivity index (χ4n) is 1.15. The molecule has 0 spiro atoms. The zero-order valence-electron chi connectivity index (χ0n) is 11.5. The molecule has 0 radical (unpaired) electrons. The smallest absolute Gasteiger partial charge is 0.407 e. The van der Waals surface area contributed by atoms with Gasteiger partial charge in [0, 0.05) is 11.6 Å². The van der Waals surface area contributed by atoms with Gasteiger partial charge in [-0.25, -0.2) is 9.59 Å². The van der Waals surface area contributed by atoms with Crippen molar-refractivity contribution in [2.75, 3.05) is 13.2 Å². The van der Waals surface area contributed by atoms with Crippen LogP contribution in [-0.2, 0) is 14.3 Å². The molecule has 0 aliphatic heterocycles. The number of hydrogen-bond donors (Lipinski definition) is 1. The van der Waals surface area contributed by atoms with Crippen molar-refractivity contribution >= 4 is 46.9 Å². The maximum absolute atomic E-state index is 11.5. The maximum Gasteiger partial charge on any atom is 0.407 e. The van der Waals surface area contributed by atoms with Crippen molar-refractivity contribution in [3.8, 4) is 0 Å². The molecular formula is C12H18Cl3NO4. The molecule has 0 aromatic carbocycles. The van der Waals surface area contributed by atoms with Gasteiger partial charge >= 0.3 is 12.1 Å². The van der Waals surface area contributed by atoms with E-state index in [9.17, 15) is 9.59 Å². The summed E-state index contributed by atoms with van der Waals surface area (Å²) in [6, 6.07) is 0. The second-order valence-electron chi connectivity index (χ2n) is 4.56. The lowest BCUT2D eigenvalue weighted by Crippen LogP contribution is -2.44. The molecule has 0 aromatic rings. The molecule has 0 atom stereocenters. The lowest BCUT2D eigenvalue weighted by molar-refractivity contribution is -0.137. The average Bonchev–Trinajstić information content (AvgIpc) is 2.25. The minimum Gasteiger partial charge on any atom is -0.463 e. The molecule has 1 N–H and O–H groups in total. The molecule has 1 amide bonds. The second kappa shape index (κ2) is 8.60. The highest BCUT2D eigenvalue weighted by atomic mass is 35.6. The number of halogens is 3. The summed E-state index contributed by atoms with van der Waals surface area (Å²) in [6.45, 7) is 5.21. The maximum atomic E-state index is 11.5. The molecule has 0 aromatic heterocycles. The summed E-state index contributed by atoms with van der Waals surface area (Å²) in [7, 11) is 0. The van der Waals surface area contributed by atoms with Gasteiger partial charge in [0.25, 0.3) is 0 Å². The first-order valence-electron chi connectivity index (χ1n) is 5.91. The van der Waals surface area contributed by atoms with Crippen LogP contribution < -0.4 is 5.32 Å². The van der Waals surface area contributed by atoms with E-state index >= 15 is 0 Å². The van der Waals surface area contributed by atoms with Crippen molar-refractivity contribution in [2.45, 2.75) is 36.5 Å². The van der Waals surface area contributed by atoms with E-state index in [2.05, 4.69) is 5.32 Å². The third kappa shape index (κ3) is 11.2. The number of rotatable bonds is 6. The van der Waals surface area contributed by atoms with Crippen LogP contribution in [0.5, 0.6) is 0 Å². The summed E-state index contributed by atoms with van der Waals surface area (Å²) in [5.74, 6) is -0.429. The van der Waals surface area contributed by atoms with E-state index in [1.807, 2.05) is 0 Å². The first kappa shape index (κ1) is 19.4. The molecule has 5 nitrogen and oxygen atoms in total. The van der Waals surface area contributed by atoms with Gasteiger partial charge in [-0.3, -0.25) is 0 Å². The molecule has 0 fully saturated rings. The Morgan fingerprint density at radius 3 is 2.30 bits per heavy atom. The van der Waals surface area contributed by atoms with Gasteiger partial charge in [0.15, 0.2) is 0 Å². The van der Waals surface area contributed by atoms with Crippen LogP contribution >= 0.6 is 34.8 Å². The SMILES string of the molecule is CCOC(=O)/C=C/CC(C)(C)NC(=O)OCC(Cl)(Cl)Cl. The predicted molar refractivity (Wildman–Crippen MR) is 79.2 cm³/mol. The zero-order chi connectivity index (χ0) is 15.8. The zero-order valence-corrected chi connectivity index (χ0v) is 13.8.